The summed E-state index contributed by atoms with van der Waals surface area (Å²) in [7, 11) is 0. The molecule has 2 rings (SSSR count). The molecule has 1 aromatic heterocycles. The van der Waals surface area contributed by atoms with Crippen LogP contribution in [0.3, 0.4) is 0 Å². The number of hydrogen-bond donors (Lipinski definition) is 1. The predicted octanol–water partition coefficient (Wildman–Crippen LogP) is 3.45. The minimum atomic E-state index is -0.532. The van der Waals surface area contributed by atoms with E-state index in [2.05, 4.69) is 37.0 Å². The van der Waals surface area contributed by atoms with Gasteiger partial charge in [0.25, 0.3) is 0 Å². The van der Waals surface area contributed by atoms with Crippen molar-refractivity contribution in [3.63, 3.8) is 0 Å². The van der Waals surface area contributed by atoms with Crippen LogP contribution in [-0.2, 0) is 0 Å². The Hall–Kier alpha value is -0.650. The highest BCUT2D eigenvalue weighted by atomic mass is 79.9. The fraction of sp³-hybridized carbons (Fsp3) is 0.182. The second kappa shape index (κ2) is 4.69. The third-order valence-electron chi connectivity index (χ3n) is 2.24. The average Bonchev–Trinajstić information content (AvgIpc) is 2.64. The first-order valence-electron chi connectivity index (χ1n) is 4.76. The van der Waals surface area contributed by atoms with E-state index in [1.54, 1.807) is 17.8 Å². The lowest BCUT2D eigenvalue weighted by Crippen LogP contribution is -2.02. The quantitative estimate of drug-likeness (QED) is 0.905. The Balaban J connectivity index is 2.56. The van der Waals surface area contributed by atoms with Crippen molar-refractivity contribution < 1.29 is 5.11 Å². The van der Waals surface area contributed by atoms with Crippen molar-refractivity contribution in [1.82, 2.24) is 9.78 Å². The van der Waals surface area contributed by atoms with Gasteiger partial charge in [0.1, 0.15) is 0 Å². The van der Waals surface area contributed by atoms with Crippen LogP contribution >= 0.6 is 31.9 Å². The van der Waals surface area contributed by atoms with Gasteiger partial charge in [-0.2, -0.15) is 5.10 Å². The van der Waals surface area contributed by atoms with E-state index in [9.17, 15) is 5.11 Å². The van der Waals surface area contributed by atoms with Gasteiger partial charge in [-0.15, -0.1) is 0 Å². The van der Waals surface area contributed by atoms with E-state index in [0.29, 0.717) is 0 Å². The zero-order valence-electron chi connectivity index (χ0n) is 8.56. The summed E-state index contributed by atoms with van der Waals surface area (Å²) in [5, 5.41) is 13.9. The topological polar surface area (TPSA) is 38.0 Å². The van der Waals surface area contributed by atoms with Gasteiger partial charge in [0.15, 0.2) is 0 Å². The van der Waals surface area contributed by atoms with Gasteiger partial charge in [-0.25, -0.2) is 4.68 Å². The molecule has 0 spiro atoms. The molecule has 0 fully saturated rings. The number of hydrogen-bond acceptors (Lipinski definition) is 2. The Morgan fingerprint density at radius 1 is 1.31 bits per heavy atom. The molecule has 0 saturated heterocycles. The maximum atomic E-state index is 9.72. The summed E-state index contributed by atoms with van der Waals surface area (Å²) in [6.45, 7) is 1.74. The highest BCUT2D eigenvalue weighted by Gasteiger charge is 2.11. The molecule has 0 amide bonds. The van der Waals surface area contributed by atoms with Crippen LogP contribution in [0, 0.1) is 0 Å². The van der Waals surface area contributed by atoms with Crippen molar-refractivity contribution in [2.75, 3.05) is 0 Å². The zero-order valence-corrected chi connectivity index (χ0v) is 11.7. The normalized spacial score (nSPS) is 12.8. The molecule has 0 aliphatic carbocycles. The van der Waals surface area contributed by atoms with Crippen LogP contribution in [-0.4, -0.2) is 14.9 Å². The van der Waals surface area contributed by atoms with Crippen LogP contribution in [0.1, 0.15) is 18.6 Å². The summed E-state index contributed by atoms with van der Waals surface area (Å²) in [5.41, 5.74) is 1.72. The summed E-state index contributed by atoms with van der Waals surface area (Å²) in [6.07, 6.45) is 3.04. The van der Waals surface area contributed by atoms with Gasteiger partial charge in [-0.3, -0.25) is 0 Å². The van der Waals surface area contributed by atoms with Gasteiger partial charge in [0.05, 0.1) is 22.5 Å². The van der Waals surface area contributed by atoms with E-state index >= 15 is 0 Å². The van der Waals surface area contributed by atoms with Crippen molar-refractivity contribution in [2.24, 2.45) is 0 Å². The summed E-state index contributed by atoms with van der Waals surface area (Å²) in [4.78, 5) is 0. The SMILES string of the molecule is CC(O)c1cc(Br)ccc1-n1cc(Br)cn1. The molecule has 0 aliphatic rings. The molecule has 1 unspecified atom stereocenters. The number of rotatable bonds is 2. The number of aromatic nitrogens is 2. The van der Waals surface area contributed by atoms with Gasteiger partial charge in [0.2, 0.25) is 0 Å². The van der Waals surface area contributed by atoms with E-state index in [1.165, 1.54) is 0 Å². The van der Waals surface area contributed by atoms with E-state index in [0.717, 1.165) is 20.2 Å². The third-order valence-corrected chi connectivity index (χ3v) is 3.14. The van der Waals surface area contributed by atoms with E-state index in [-0.39, 0.29) is 0 Å². The molecule has 0 radical (unpaired) electrons. The van der Waals surface area contributed by atoms with Gasteiger partial charge < -0.3 is 5.11 Å². The highest BCUT2D eigenvalue weighted by molar-refractivity contribution is 9.10. The monoisotopic (exact) mass is 344 g/mol. The smallest absolute Gasteiger partial charge is 0.0783 e. The largest absolute Gasteiger partial charge is 0.389 e. The van der Waals surface area contributed by atoms with Crippen molar-refractivity contribution in [3.8, 4) is 5.69 Å². The molecule has 2 aromatic rings. The highest BCUT2D eigenvalue weighted by Crippen LogP contribution is 2.25. The van der Waals surface area contributed by atoms with Crippen LogP contribution < -0.4 is 0 Å². The van der Waals surface area contributed by atoms with E-state index < -0.39 is 6.10 Å². The molecule has 0 saturated carbocycles. The molecular weight excluding hydrogens is 336 g/mol. The molecule has 5 heteroatoms. The van der Waals surface area contributed by atoms with Crippen LogP contribution in [0.4, 0.5) is 0 Å². The Kier molecular flexibility index (Phi) is 3.47. The maximum Gasteiger partial charge on any atom is 0.0783 e. The van der Waals surface area contributed by atoms with Gasteiger partial charge in [-0.05, 0) is 41.1 Å². The first-order valence-corrected chi connectivity index (χ1v) is 6.34. The van der Waals surface area contributed by atoms with E-state index in [4.69, 9.17) is 0 Å². The van der Waals surface area contributed by atoms with E-state index in [1.807, 2.05) is 24.4 Å². The lowest BCUT2D eigenvalue weighted by molar-refractivity contribution is 0.199. The molecule has 0 aliphatic heterocycles. The van der Waals surface area contributed by atoms with Gasteiger partial charge in [0, 0.05) is 16.2 Å². The Morgan fingerprint density at radius 2 is 2.06 bits per heavy atom. The van der Waals surface area contributed by atoms with Crippen LogP contribution in [0.2, 0.25) is 0 Å². The second-order valence-electron chi connectivity index (χ2n) is 3.48. The fourth-order valence-corrected chi connectivity index (χ4v) is 2.17. The lowest BCUT2D eigenvalue weighted by atomic mass is 10.1. The standard InChI is InChI=1S/C11H10Br2N2O/c1-7(16)10-4-8(12)2-3-11(10)15-6-9(13)5-14-15/h2-7,16H,1H3. The number of aliphatic hydroxyl groups is 1. The average molecular weight is 346 g/mol. The molecule has 1 heterocycles. The molecule has 16 heavy (non-hydrogen) atoms. The molecule has 0 bridgehead atoms. The predicted molar refractivity (Wildman–Crippen MR) is 69.6 cm³/mol. The maximum absolute atomic E-state index is 9.72. The van der Waals surface area contributed by atoms with Crippen molar-refractivity contribution in [2.45, 2.75) is 13.0 Å². The Labute approximate surface area is 110 Å². The minimum Gasteiger partial charge on any atom is -0.389 e. The molecule has 3 nitrogen and oxygen atoms in total. The Bertz CT molecular complexity index is 508. The summed E-state index contributed by atoms with van der Waals surface area (Å²) in [5.74, 6) is 0. The van der Waals surface area contributed by atoms with Gasteiger partial charge >= 0.3 is 0 Å². The van der Waals surface area contributed by atoms with Crippen molar-refractivity contribution >= 4 is 31.9 Å². The number of halogens is 2. The van der Waals surface area contributed by atoms with Crippen molar-refractivity contribution in [1.29, 1.82) is 0 Å². The van der Waals surface area contributed by atoms with Crippen LogP contribution in [0.5, 0.6) is 0 Å². The Morgan fingerprint density at radius 3 is 2.62 bits per heavy atom. The first-order chi connectivity index (χ1) is 7.58. The lowest BCUT2D eigenvalue weighted by Gasteiger charge is -2.12. The number of nitrogens with zero attached hydrogens (tertiary/aromatic N) is 2. The molecular formula is C11H10Br2N2O. The summed E-state index contributed by atoms with van der Waals surface area (Å²) in [6, 6.07) is 5.75. The van der Waals surface area contributed by atoms with Crippen LogP contribution in [0.15, 0.2) is 39.5 Å². The molecule has 1 N–H and O–H groups in total. The first kappa shape index (κ1) is 11.8. The summed E-state index contributed by atoms with van der Waals surface area (Å²) >= 11 is 6.74. The summed E-state index contributed by atoms with van der Waals surface area (Å²) < 4.78 is 3.59. The third kappa shape index (κ3) is 2.36. The van der Waals surface area contributed by atoms with Crippen molar-refractivity contribution in [3.05, 3.63) is 45.1 Å². The molecule has 1 aromatic carbocycles. The number of aliphatic hydroxyl groups excluding tert-OH is 1. The second-order valence-corrected chi connectivity index (χ2v) is 5.31. The fourth-order valence-electron chi connectivity index (χ4n) is 1.50. The molecule has 84 valence electrons. The van der Waals surface area contributed by atoms with Gasteiger partial charge in [-0.1, -0.05) is 15.9 Å². The van der Waals surface area contributed by atoms with Crippen LogP contribution in [0.25, 0.3) is 5.69 Å². The zero-order chi connectivity index (χ0) is 11.7. The minimum absolute atomic E-state index is 0.532. The molecule has 1 atom stereocenters. The number of benzene rings is 1.